The number of carbonyl (C=O) groups excluding carboxylic acids is 4. The first-order valence-corrected chi connectivity index (χ1v) is 16.7. The highest BCUT2D eigenvalue weighted by molar-refractivity contribution is 6.34. The fourth-order valence-corrected chi connectivity index (χ4v) is 5.16. The number of benzene rings is 6. The van der Waals surface area contributed by atoms with Crippen molar-refractivity contribution in [2.24, 2.45) is 9.98 Å². The van der Waals surface area contributed by atoms with Gasteiger partial charge >= 0.3 is 0 Å². The molecule has 0 heterocycles. The molecule has 6 aromatic carbocycles. The van der Waals surface area contributed by atoms with Gasteiger partial charge in [0.2, 0.25) is 11.6 Å². The number of nitrogens with one attached hydrogen (secondary N) is 2. The fraction of sp³-hybridized carbons (Fsp3) is 0.0222. The Bertz CT molecular complexity index is 2190. The number of aliphatic imine (C=N–C) groups is 2. The van der Waals surface area contributed by atoms with Crippen LogP contribution in [0.25, 0.3) is 0 Å². The molecule has 256 valence electrons. The number of anilines is 2. The van der Waals surface area contributed by atoms with Gasteiger partial charge in [0.1, 0.15) is 11.1 Å². The van der Waals surface area contributed by atoms with Crippen molar-refractivity contribution in [2.45, 2.75) is 6.42 Å². The van der Waals surface area contributed by atoms with Crippen molar-refractivity contribution in [2.75, 3.05) is 10.6 Å². The lowest BCUT2D eigenvalue weighted by atomic mass is 10.0. The molecule has 8 heteroatoms. The topological polar surface area (TPSA) is 117 Å². The zero-order chi connectivity index (χ0) is 36.8. The summed E-state index contributed by atoms with van der Waals surface area (Å²) in [5, 5.41) is 5.59. The van der Waals surface area contributed by atoms with E-state index in [-0.39, 0.29) is 11.1 Å². The molecule has 0 radical (unpaired) electrons. The Morgan fingerprint density at radius 3 is 1.08 bits per heavy atom. The van der Waals surface area contributed by atoms with E-state index in [1.807, 2.05) is 60.7 Å². The van der Waals surface area contributed by atoms with Crippen LogP contribution in [0.1, 0.15) is 31.8 Å². The fourth-order valence-electron chi connectivity index (χ4n) is 5.16. The Kier molecular flexibility index (Phi) is 11.6. The Labute approximate surface area is 306 Å². The quantitative estimate of drug-likeness (QED) is 0.0438. The molecule has 6 rings (SSSR count). The van der Waals surface area contributed by atoms with E-state index < -0.39 is 23.4 Å². The van der Waals surface area contributed by atoms with Gasteiger partial charge in [-0.25, -0.2) is 9.98 Å². The average Bonchev–Trinajstić information content (AvgIpc) is 3.21. The maximum atomic E-state index is 13.3. The lowest BCUT2D eigenvalue weighted by Crippen LogP contribution is -2.21. The molecule has 8 nitrogen and oxygen atoms in total. The summed E-state index contributed by atoms with van der Waals surface area (Å²) in [7, 11) is 0. The Balaban J connectivity index is 1.12. The molecule has 2 N–H and O–H groups in total. The van der Waals surface area contributed by atoms with E-state index in [0.29, 0.717) is 40.3 Å². The zero-order valence-electron chi connectivity index (χ0n) is 28.4. The van der Waals surface area contributed by atoms with Crippen LogP contribution in [0.2, 0.25) is 0 Å². The van der Waals surface area contributed by atoms with E-state index in [4.69, 9.17) is 0 Å². The Morgan fingerprint density at radius 2 is 0.736 bits per heavy atom. The van der Waals surface area contributed by atoms with Crippen LogP contribution in [-0.4, -0.2) is 35.1 Å². The molecule has 0 saturated carbocycles. The second-order valence-electron chi connectivity index (χ2n) is 11.7. The summed E-state index contributed by atoms with van der Waals surface area (Å²) >= 11 is 0. The lowest BCUT2D eigenvalue weighted by molar-refractivity contribution is -0.113. The number of hydrogen-bond acceptors (Lipinski definition) is 6. The van der Waals surface area contributed by atoms with E-state index >= 15 is 0 Å². The maximum absolute atomic E-state index is 13.3. The van der Waals surface area contributed by atoms with Crippen molar-refractivity contribution >= 4 is 57.9 Å². The van der Waals surface area contributed by atoms with Crippen molar-refractivity contribution in [3.05, 3.63) is 203 Å². The lowest BCUT2D eigenvalue weighted by Gasteiger charge is -2.09. The van der Waals surface area contributed by atoms with Gasteiger partial charge in [0, 0.05) is 34.2 Å². The van der Waals surface area contributed by atoms with E-state index in [1.165, 1.54) is 0 Å². The molecule has 0 aliphatic rings. The molecule has 53 heavy (non-hydrogen) atoms. The number of ketones is 2. The Morgan fingerprint density at radius 1 is 0.415 bits per heavy atom. The zero-order valence-corrected chi connectivity index (χ0v) is 28.4. The molecule has 0 aliphatic heterocycles. The third-order valence-corrected chi connectivity index (χ3v) is 7.92. The second-order valence-corrected chi connectivity index (χ2v) is 11.7. The maximum Gasteiger partial charge on any atom is 0.269 e. The summed E-state index contributed by atoms with van der Waals surface area (Å²) in [4.78, 5) is 61.7. The largest absolute Gasteiger partial charge is 0.321 e. The highest BCUT2D eigenvalue weighted by atomic mass is 16.2. The minimum absolute atomic E-state index is 0.216. The molecule has 0 spiro atoms. The number of hydrogen-bond donors (Lipinski definition) is 2. The first kappa shape index (κ1) is 35.3. The van der Waals surface area contributed by atoms with Crippen molar-refractivity contribution < 1.29 is 19.2 Å². The van der Waals surface area contributed by atoms with Gasteiger partial charge in [-0.3, -0.25) is 19.2 Å². The highest BCUT2D eigenvalue weighted by Gasteiger charge is 2.22. The number of amides is 2. The minimum atomic E-state index is -0.626. The second kappa shape index (κ2) is 17.4. The summed E-state index contributed by atoms with van der Waals surface area (Å²) in [6, 6.07) is 49.5. The molecule has 6 aromatic rings. The molecule has 0 unspecified atom stereocenters. The van der Waals surface area contributed by atoms with Crippen LogP contribution in [0, 0.1) is 0 Å². The van der Waals surface area contributed by atoms with Crippen molar-refractivity contribution in [1.82, 2.24) is 0 Å². The first-order valence-electron chi connectivity index (χ1n) is 16.7. The normalized spacial score (nSPS) is 10.1. The summed E-state index contributed by atoms with van der Waals surface area (Å²) in [5.74, 6) is 3.11. The number of carbonyl (C=O) groups is 4. The molecule has 0 aliphatic carbocycles. The number of Topliss-reactive ketones (excluding diaryl/α,β-unsaturated/α-hetero) is 2. The van der Waals surface area contributed by atoms with Gasteiger partial charge in [-0.2, -0.15) is 0 Å². The summed E-state index contributed by atoms with van der Waals surface area (Å²) in [6.45, 7) is 0. The monoisotopic (exact) mass is 692 g/mol. The summed E-state index contributed by atoms with van der Waals surface area (Å²) < 4.78 is 0. The van der Waals surface area contributed by atoms with Crippen LogP contribution in [-0.2, 0) is 16.0 Å². The van der Waals surface area contributed by atoms with Crippen LogP contribution in [0.3, 0.4) is 0 Å². The molecule has 0 fully saturated rings. The van der Waals surface area contributed by atoms with Crippen LogP contribution in [0.4, 0.5) is 22.7 Å². The van der Waals surface area contributed by atoms with Crippen molar-refractivity contribution in [3.8, 4) is 0 Å². The van der Waals surface area contributed by atoms with E-state index in [2.05, 4.69) is 32.4 Å². The van der Waals surface area contributed by atoms with Gasteiger partial charge < -0.3 is 10.6 Å². The third kappa shape index (κ3) is 9.81. The molecule has 2 amide bonds. The Hall–Kier alpha value is -7.50. The molecule has 0 saturated heterocycles. The molecular weight excluding hydrogens is 661 g/mol. The smallest absolute Gasteiger partial charge is 0.269 e. The van der Waals surface area contributed by atoms with Gasteiger partial charge in [-0.15, -0.1) is 0 Å². The van der Waals surface area contributed by atoms with Gasteiger partial charge in [-0.05, 0) is 66.1 Å². The molecule has 0 bridgehead atoms. The van der Waals surface area contributed by atoms with Gasteiger partial charge in [0.25, 0.3) is 11.8 Å². The molecule has 0 atom stereocenters. The predicted molar refractivity (Wildman–Crippen MR) is 209 cm³/mol. The molecule has 0 aromatic heterocycles. The molecular formula is C45H32N4O4. The van der Waals surface area contributed by atoms with Crippen LogP contribution >= 0.6 is 0 Å². The van der Waals surface area contributed by atoms with Gasteiger partial charge in [0.15, 0.2) is 0 Å². The standard InChI is InChI=1S/C45H32N4O4/c50-42(34-13-5-1-6-14-34)40(30-46-36-17-9-3-10-18-36)44(52)48-38-25-21-32(22-26-38)29-33-23-27-39(28-24-33)49-45(53)41(31-47-37-19-11-4-12-20-37)43(51)35-15-7-2-8-16-35/h1-28H,29H2,(H,48,52)(H,49,53). The van der Waals surface area contributed by atoms with E-state index in [9.17, 15) is 19.2 Å². The van der Waals surface area contributed by atoms with Crippen molar-refractivity contribution in [1.29, 1.82) is 0 Å². The SMILES string of the molecule is O=C(Nc1ccc(Cc2ccc(NC(=O)C(=C=Nc3ccccc3)C(=O)c3ccccc3)cc2)cc1)C(=C=Nc1ccccc1)C(=O)c1ccccc1. The van der Waals surface area contributed by atoms with E-state index in [1.54, 1.807) is 109 Å². The van der Waals surface area contributed by atoms with Crippen LogP contribution in [0.15, 0.2) is 191 Å². The van der Waals surface area contributed by atoms with Gasteiger partial charge in [-0.1, -0.05) is 121 Å². The summed E-state index contributed by atoms with van der Waals surface area (Å²) in [5.41, 5.74) is 4.33. The predicted octanol–water partition coefficient (Wildman–Crippen LogP) is 8.78. The first-order chi connectivity index (χ1) is 25.9. The van der Waals surface area contributed by atoms with E-state index in [0.717, 1.165) is 11.1 Å². The number of nitrogens with zero attached hydrogens (tertiary/aromatic N) is 2. The number of rotatable bonds is 12. The minimum Gasteiger partial charge on any atom is -0.321 e. The van der Waals surface area contributed by atoms with Crippen molar-refractivity contribution in [3.63, 3.8) is 0 Å². The number of para-hydroxylation sites is 2. The average molecular weight is 693 g/mol. The third-order valence-electron chi connectivity index (χ3n) is 7.92. The van der Waals surface area contributed by atoms with Crippen LogP contribution in [0.5, 0.6) is 0 Å². The van der Waals surface area contributed by atoms with Gasteiger partial charge in [0.05, 0.1) is 11.4 Å². The highest BCUT2D eigenvalue weighted by Crippen LogP contribution is 2.19. The van der Waals surface area contributed by atoms with Crippen LogP contribution < -0.4 is 10.6 Å². The summed E-state index contributed by atoms with van der Waals surface area (Å²) in [6.07, 6.45) is 0.575.